The van der Waals surface area contributed by atoms with Crippen molar-refractivity contribution >= 4 is 23.3 Å². The third kappa shape index (κ3) is 3.13. The third-order valence-corrected chi connectivity index (χ3v) is 2.44. The zero-order valence-electron chi connectivity index (χ0n) is 8.91. The molecule has 0 saturated heterocycles. The number of rotatable bonds is 4. The first-order valence-electron chi connectivity index (χ1n) is 4.58. The number of hydrogen-bond donors (Lipinski definition) is 0. The Morgan fingerprint density at radius 1 is 1.53 bits per heavy atom. The summed E-state index contributed by atoms with van der Waals surface area (Å²) in [4.78, 5) is 21.0. The van der Waals surface area contributed by atoms with Gasteiger partial charge in [0.05, 0.1) is 30.4 Å². The lowest BCUT2D eigenvalue weighted by molar-refractivity contribution is -0.385. The van der Waals surface area contributed by atoms with Gasteiger partial charge in [-0.05, 0) is 6.07 Å². The van der Waals surface area contributed by atoms with Crippen LogP contribution in [0.5, 0.6) is 0 Å². The average molecular weight is 262 g/mol. The molecule has 0 amide bonds. The summed E-state index contributed by atoms with van der Waals surface area (Å²) in [6.45, 7) is 0. The standard InChI is InChI=1S/C10H9ClFNO4/c1-17-10(14)3-6-2-7(5-11)8(12)4-9(6)13(15)16/h2,4H,3,5H2,1H3. The highest BCUT2D eigenvalue weighted by atomic mass is 35.5. The predicted octanol–water partition coefficient (Wildman–Crippen LogP) is 2.19. The largest absolute Gasteiger partial charge is 0.469 e. The van der Waals surface area contributed by atoms with E-state index in [2.05, 4.69) is 4.74 Å². The van der Waals surface area contributed by atoms with Crippen LogP contribution in [-0.4, -0.2) is 18.0 Å². The highest BCUT2D eigenvalue weighted by molar-refractivity contribution is 6.17. The van der Waals surface area contributed by atoms with E-state index in [1.807, 2.05) is 0 Å². The quantitative estimate of drug-likeness (QED) is 0.360. The number of nitrogens with zero attached hydrogens (tertiary/aromatic N) is 1. The number of benzene rings is 1. The van der Waals surface area contributed by atoms with Gasteiger partial charge in [-0.2, -0.15) is 0 Å². The van der Waals surface area contributed by atoms with Crippen molar-refractivity contribution in [3.63, 3.8) is 0 Å². The predicted molar refractivity (Wildman–Crippen MR) is 58.3 cm³/mol. The van der Waals surface area contributed by atoms with Crippen LogP contribution in [0.15, 0.2) is 12.1 Å². The van der Waals surface area contributed by atoms with Crippen molar-refractivity contribution in [3.8, 4) is 0 Å². The molecule has 0 aromatic heterocycles. The molecule has 1 aromatic rings. The zero-order chi connectivity index (χ0) is 13.0. The van der Waals surface area contributed by atoms with Crippen LogP contribution in [0, 0.1) is 15.9 Å². The van der Waals surface area contributed by atoms with Gasteiger partial charge < -0.3 is 4.74 Å². The molecule has 17 heavy (non-hydrogen) atoms. The first-order valence-corrected chi connectivity index (χ1v) is 5.11. The van der Waals surface area contributed by atoms with Gasteiger partial charge in [-0.15, -0.1) is 11.6 Å². The molecule has 1 rings (SSSR count). The molecule has 92 valence electrons. The summed E-state index contributed by atoms with van der Waals surface area (Å²) in [6, 6.07) is 1.97. The SMILES string of the molecule is COC(=O)Cc1cc(CCl)c(F)cc1[N+](=O)[O-]. The molecular weight excluding hydrogens is 253 g/mol. The van der Waals surface area contributed by atoms with E-state index in [-0.39, 0.29) is 23.4 Å². The molecule has 0 bridgehead atoms. The van der Waals surface area contributed by atoms with Crippen LogP contribution in [0.25, 0.3) is 0 Å². The second-order valence-electron chi connectivity index (χ2n) is 3.22. The van der Waals surface area contributed by atoms with Crippen molar-refractivity contribution in [2.45, 2.75) is 12.3 Å². The summed E-state index contributed by atoms with van der Waals surface area (Å²) in [7, 11) is 1.17. The molecule has 0 heterocycles. The van der Waals surface area contributed by atoms with Crippen LogP contribution < -0.4 is 0 Å². The van der Waals surface area contributed by atoms with Crippen LogP contribution in [0.3, 0.4) is 0 Å². The minimum atomic E-state index is -0.764. The third-order valence-electron chi connectivity index (χ3n) is 2.15. The van der Waals surface area contributed by atoms with Crippen molar-refractivity contribution in [1.29, 1.82) is 0 Å². The van der Waals surface area contributed by atoms with Gasteiger partial charge >= 0.3 is 5.97 Å². The number of alkyl halides is 1. The van der Waals surface area contributed by atoms with Crippen LogP contribution in [0.1, 0.15) is 11.1 Å². The van der Waals surface area contributed by atoms with Gasteiger partial charge in [-0.25, -0.2) is 4.39 Å². The number of carbonyl (C=O) groups is 1. The van der Waals surface area contributed by atoms with E-state index >= 15 is 0 Å². The molecule has 0 saturated carbocycles. The van der Waals surface area contributed by atoms with Crippen LogP contribution in [-0.2, 0) is 21.8 Å². The topological polar surface area (TPSA) is 69.4 Å². The summed E-state index contributed by atoms with van der Waals surface area (Å²) < 4.78 is 17.7. The van der Waals surface area contributed by atoms with Crippen molar-refractivity contribution in [2.75, 3.05) is 7.11 Å². The van der Waals surface area contributed by atoms with Crippen LogP contribution in [0.4, 0.5) is 10.1 Å². The van der Waals surface area contributed by atoms with E-state index in [0.29, 0.717) is 0 Å². The van der Waals surface area contributed by atoms with E-state index < -0.39 is 22.4 Å². The summed E-state index contributed by atoms with van der Waals surface area (Å²) >= 11 is 5.48. The molecule has 0 radical (unpaired) electrons. The van der Waals surface area contributed by atoms with Crippen molar-refractivity contribution in [2.24, 2.45) is 0 Å². The van der Waals surface area contributed by atoms with E-state index in [1.54, 1.807) is 0 Å². The Hall–Kier alpha value is -1.69. The minimum absolute atomic E-state index is 0.0823. The molecule has 5 nitrogen and oxygen atoms in total. The lowest BCUT2D eigenvalue weighted by Gasteiger charge is -2.05. The van der Waals surface area contributed by atoms with Gasteiger partial charge in [0, 0.05) is 11.1 Å². The Labute approximate surface area is 101 Å². The number of carbonyl (C=O) groups excluding carboxylic acids is 1. The first-order chi connectivity index (χ1) is 7.99. The molecule has 0 fully saturated rings. The van der Waals surface area contributed by atoms with Gasteiger partial charge in [0.25, 0.3) is 5.69 Å². The highest BCUT2D eigenvalue weighted by Gasteiger charge is 2.20. The second kappa shape index (κ2) is 5.58. The maximum absolute atomic E-state index is 13.3. The minimum Gasteiger partial charge on any atom is -0.469 e. The van der Waals surface area contributed by atoms with Gasteiger partial charge in [-0.3, -0.25) is 14.9 Å². The monoisotopic (exact) mass is 261 g/mol. The molecule has 0 spiro atoms. The smallest absolute Gasteiger partial charge is 0.310 e. The summed E-state index contributed by atoms with van der Waals surface area (Å²) in [5, 5.41) is 10.7. The van der Waals surface area contributed by atoms with Gasteiger partial charge in [0.2, 0.25) is 0 Å². The number of ether oxygens (including phenoxy) is 1. The van der Waals surface area contributed by atoms with Gasteiger partial charge in [-0.1, -0.05) is 0 Å². The molecule has 0 N–H and O–H groups in total. The van der Waals surface area contributed by atoms with E-state index in [9.17, 15) is 19.3 Å². The molecule has 1 aromatic carbocycles. The lowest BCUT2D eigenvalue weighted by atomic mass is 10.1. The van der Waals surface area contributed by atoms with Crippen LogP contribution >= 0.6 is 11.6 Å². The molecule has 0 atom stereocenters. The summed E-state index contributed by atoms with van der Waals surface area (Å²) in [5.74, 6) is -1.53. The Bertz CT molecular complexity index is 464. The van der Waals surface area contributed by atoms with E-state index in [1.165, 1.54) is 13.2 Å². The fraction of sp³-hybridized carbons (Fsp3) is 0.300. The second-order valence-corrected chi connectivity index (χ2v) is 3.48. The Morgan fingerprint density at radius 3 is 2.65 bits per heavy atom. The number of nitro benzene ring substituents is 1. The number of halogens is 2. The Morgan fingerprint density at radius 2 is 2.18 bits per heavy atom. The molecule has 0 aliphatic rings. The fourth-order valence-electron chi connectivity index (χ4n) is 1.30. The summed E-state index contributed by atoms with van der Waals surface area (Å²) in [5.41, 5.74) is -0.267. The fourth-order valence-corrected chi connectivity index (χ4v) is 1.51. The van der Waals surface area contributed by atoms with Crippen molar-refractivity contribution < 1.29 is 18.8 Å². The lowest BCUT2D eigenvalue weighted by Crippen LogP contribution is -2.08. The Kier molecular flexibility index (Phi) is 4.39. The van der Waals surface area contributed by atoms with Crippen molar-refractivity contribution in [3.05, 3.63) is 39.2 Å². The maximum atomic E-state index is 13.3. The van der Waals surface area contributed by atoms with E-state index in [0.717, 1.165) is 6.07 Å². The maximum Gasteiger partial charge on any atom is 0.310 e. The number of hydrogen-bond acceptors (Lipinski definition) is 4. The number of nitro groups is 1. The first kappa shape index (κ1) is 13.4. The molecule has 0 aliphatic carbocycles. The molecular formula is C10H9ClFNO4. The van der Waals surface area contributed by atoms with Crippen molar-refractivity contribution in [1.82, 2.24) is 0 Å². The van der Waals surface area contributed by atoms with Crippen LogP contribution in [0.2, 0.25) is 0 Å². The molecule has 0 aliphatic heterocycles. The average Bonchev–Trinajstić information content (AvgIpc) is 2.30. The molecule has 7 heteroatoms. The molecule has 0 unspecified atom stereocenters. The number of esters is 1. The zero-order valence-corrected chi connectivity index (χ0v) is 9.66. The number of methoxy groups -OCH3 is 1. The Balaban J connectivity index is 3.23. The van der Waals surface area contributed by atoms with E-state index in [4.69, 9.17) is 11.6 Å². The van der Waals surface area contributed by atoms with Gasteiger partial charge in [0.1, 0.15) is 5.82 Å². The highest BCUT2D eigenvalue weighted by Crippen LogP contribution is 2.24. The van der Waals surface area contributed by atoms with Gasteiger partial charge in [0.15, 0.2) is 0 Å². The summed E-state index contributed by atoms with van der Waals surface area (Å²) in [6.07, 6.45) is -0.295. The normalized spacial score (nSPS) is 10.1.